The minimum absolute atomic E-state index is 0.00875. The van der Waals surface area contributed by atoms with Crippen LogP contribution in [0.25, 0.3) is 0 Å². The molecule has 2 rings (SSSR count). The maximum atomic E-state index is 11.0. The molecule has 0 radical (unpaired) electrons. The predicted molar refractivity (Wildman–Crippen MR) is 85.7 cm³/mol. The Balaban J connectivity index is 1.88. The molecule has 0 bridgehead atoms. The normalized spacial score (nSPS) is 11.9. The monoisotopic (exact) mass is 357 g/mol. The third-order valence-electron chi connectivity index (χ3n) is 2.75. The van der Waals surface area contributed by atoms with Gasteiger partial charge in [0.2, 0.25) is 0 Å². The van der Waals surface area contributed by atoms with Crippen molar-refractivity contribution in [2.45, 2.75) is 0 Å². The Morgan fingerprint density at radius 3 is 2.61 bits per heavy atom. The summed E-state index contributed by atoms with van der Waals surface area (Å²) < 4.78 is 30.9. The van der Waals surface area contributed by atoms with E-state index in [0.717, 1.165) is 12.8 Å². The summed E-state index contributed by atoms with van der Waals surface area (Å²) in [6.07, 6.45) is 0. The Labute approximate surface area is 137 Å². The highest BCUT2D eigenvalue weighted by atomic mass is 32.3. The first-order chi connectivity index (χ1) is 11.0. The van der Waals surface area contributed by atoms with E-state index in [1.165, 1.54) is 11.3 Å². The van der Waals surface area contributed by atoms with Crippen LogP contribution in [-0.2, 0) is 18.8 Å². The van der Waals surface area contributed by atoms with Crippen LogP contribution in [0.2, 0.25) is 0 Å². The lowest BCUT2D eigenvalue weighted by Gasteiger charge is -2.18. The van der Waals surface area contributed by atoms with Crippen molar-refractivity contribution in [3.8, 4) is 0 Å². The zero-order chi connectivity index (χ0) is 16.7. The van der Waals surface area contributed by atoms with Gasteiger partial charge in [0.15, 0.2) is 0 Å². The molecule has 2 aromatic rings. The lowest BCUT2D eigenvalue weighted by atomic mass is 10.2. The van der Waals surface area contributed by atoms with E-state index in [0.29, 0.717) is 17.4 Å². The Kier molecular flexibility index (Phi) is 6.10. The van der Waals surface area contributed by atoms with Crippen molar-refractivity contribution in [2.24, 2.45) is 10.2 Å². The van der Waals surface area contributed by atoms with Gasteiger partial charge in [-0.1, -0.05) is 11.3 Å². The number of likely N-dealkylation sites (N-methyl/N-ethyl adjacent to an activating group) is 1. The van der Waals surface area contributed by atoms with Gasteiger partial charge in [0, 0.05) is 19.3 Å². The molecule has 0 unspecified atom stereocenters. The molecule has 23 heavy (non-hydrogen) atoms. The van der Waals surface area contributed by atoms with Gasteiger partial charge in [-0.25, -0.2) is 4.18 Å². The van der Waals surface area contributed by atoms with Gasteiger partial charge >= 0.3 is 10.4 Å². The summed E-state index contributed by atoms with van der Waals surface area (Å²) in [6.45, 7) is 0.374. The minimum atomic E-state index is -3.90. The number of azo groups is 1. The second kappa shape index (κ2) is 8.06. The molecule has 1 heterocycles. The van der Waals surface area contributed by atoms with E-state index in [9.17, 15) is 8.42 Å². The average Bonchev–Trinajstić information content (AvgIpc) is 3.06. The van der Waals surface area contributed by atoms with E-state index in [2.05, 4.69) is 28.8 Å². The largest absolute Gasteiger partial charge is 0.399 e. The van der Waals surface area contributed by atoms with Gasteiger partial charge in [-0.2, -0.15) is 8.42 Å². The Morgan fingerprint density at radius 1 is 1.26 bits per heavy atom. The lowest BCUT2D eigenvalue weighted by Crippen LogP contribution is -2.24. The van der Waals surface area contributed by atoms with Crippen LogP contribution in [0.5, 0.6) is 0 Å². The van der Waals surface area contributed by atoms with Crippen molar-refractivity contribution >= 4 is 38.2 Å². The fourth-order valence-corrected chi connectivity index (χ4v) is 2.28. The number of aromatic nitrogens is 2. The van der Waals surface area contributed by atoms with Crippen LogP contribution in [0.15, 0.2) is 40.0 Å². The van der Waals surface area contributed by atoms with Crippen molar-refractivity contribution in [3.63, 3.8) is 0 Å². The van der Waals surface area contributed by atoms with Crippen LogP contribution in [0.4, 0.5) is 16.5 Å². The third kappa shape index (κ3) is 5.63. The Hall–Kier alpha value is -1.95. The Morgan fingerprint density at radius 2 is 2.00 bits per heavy atom. The highest BCUT2D eigenvalue weighted by Gasteiger charge is 2.09. The van der Waals surface area contributed by atoms with Gasteiger partial charge < -0.3 is 4.90 Å². The highest BCUT2D eigenvalue weighted by Crippen LogP contribution is 2.22. The Bertz CT molecular complexity index is 731. The van der Waals surface area contributed by atoms with Gasteiger partial charge in [0.1, 0.15) is 5.51 Å². The van der Waals surface area contributed by atoms with E-state index < -0.39 is 10.4 Å². The van der Waals surface area contributed by atoms with Crippen LogP contribution in [0.3, 0.4) is 0 Å². The van der Waals surface area contributed by atoms with Crippen molar-refractivity contribution < 1.29 is 16.8 Å². The molecule has 0 aliphatic carbocycles. The van der Waals surface area contributed by atoms with Gasteiger partial charge in [0.25, 0.3) is 5.13 Å². The SMILES string of the molecule is COS(=O)(=O)OCCN(C)c1ccc(N=Nc2nncs2)cc1. The molecule has 0 amide bonds. The van der Waals surface area contributed by atoms with Crippen LogP contribution >= 0.6 is 11.3 Å². The van der Waals surface area contributed by atoms with Gasteiger partial charge in [0.05, 0.1) is 19.4 Å². The molecule has 0 atom stereocenters. The van der Waals surface area contributed by atoms with Gasteiger partial charge in [-0.3, -0.25) is 4.18 Å². The number of anilines is 1. The quantitative estimate of drug-likeness (QED) is 0.667. The van der Waals surface area contributed by atoms with Crippen LogP contribution in [-0.4, -0.2) is 45.9 Å². The molecule has 11 heteroatoms. The summed E-state index contributed by atoms with van der Waals surface area (Å²) in [6, 6.07) is 7.28. The van der Waals surface area contributed by atoms with Crippen molar-refractivity contribution in [1.82, 2.24) is 10.2 Å². The van der Waals surface area contributed by atoms with E-state index in [4.69, 9.17) is 0 Å². The summed E-state index contributed by atoms with van der Waals surface area (Å²) in [5, 5.41) is 15.9. The topological polar surface area (TPSA) is 106 Å². The molecule has 0 saturated heterocycles. The molecule has 124 valence electrons. The number of rotatable bonds is 8. The molecule has 9 nitrogen and oxygen atoms in total. The lowest BCUT2D eigenvalue weighted by molar-refractivity contribution is 0.248. The molecule has 1 aromatic heterocycles. The number of nitrogens with zero attached hydrogens (tertiary/aromatic N) is 5. The smallest absolute Gasteiger partial charge is 0.372 e. The van der Waals surface area contributed by atoms with E-state index in [1.54, 1.807) is 17.6 Å². The van der Waals surface area contributed by atoms with E-state index in [-0.39, 0.29) is 6.61 Å². The maximum Gasteiger partial charge on any atom is 0.399 e. The molecule has 0 aliphatic rings. The summed E-state index contributed by atoms with van der Waals surface area (Å²) in [7, 11) is -1.03. The van der Waals surface area contributed by atoms with Crippen LogP contribution < -0.4 is 4.90 Å². The first-order valence-electron chi connectivity index (χ1n) is 6.44. The average molecular weight is 357 g/mol. The maximum absolute atomic E-state index is 11.0. The second-order valence-electron chi connectivity index (χ2n) is 4.26. The molecule has 0 aliphatic heterocycles. The zero-order valence-corrected chi connectivity index (χ0v) is 14.1. The first-order valence-corrected chi connectivity index (χ1v) is 8.65. The fourth-order valence-electron chi connectivity index (χ4n) is 1.54. The van der Waals surface area contributed by atoms with Crippen LogP contribution in [0, 0.1) is 0 Å². The molecule has 0 spiro atoms. The number of hydrogen-bond donors (Lipinski definition) is 0. The fraction of sp³-hybridized carbons (Fsp3) is 0.333. The highest BCUT2D eigenvalue weighted by molar-refractivity contribution is 7.81. The number of hydrogen-bond acceptors (Lipinski definition) is 10. The molecular weight excluding hydrogens is 342 g/mol. The molecule has 1 aromatic carbocycles. The van der Waals surface area contributed by atoms with Crippen molar-refractivity contribution in [2.75, 3.05) is 32.2 Å². The van der Waals surface area contributed by atoms with Crippen LogP contribution in [0.1, 0.15) is 0 Å². The summed E-state index contributed by atoms with van der Waals surface area (Å²) >= 11 is 1.30. The molecular formula is C12H15N5O4S2. The molecule has 0 N–H and O–H groups in total. The van der Waals surface area contributed by atoms with E-state index >= 15 is 0 Å². The first kappa shape index (κ1) is 17.4. The van der Waals surface area contributed by atoms with E-state index in [1.807, 2.05) is 24.1 Å². The van der Waals surface area contributed by atoms with Crippen molar-refractivity contribution in [3.05, 3.63) is 29.8 Å². The molecule has 0 fully saturated rings. The van der Waals surface area contributed by atoms with Crippen molar-refractivity contribution in [1.29, 1.82) is 0 Å². The predicted octanol–water partition coefficient (Wildman–Crippen LogP) is 2.30. The zero-order valence-electron chi connectivity index (χ0n) is 12.5. The molecule has 0 saturated carbocycles. The summed E-state index contributed by atoms with van der Waals surface area (Å²) in [5.41, 5.74) is 3.15. The number of benzene rings is 1. The standard InChI is InChI=1S/C12H15N5O4S2/c1-17(7-8-21-23(18,19)20-2)11-5-3-10(4-6-11)14-16-12-15-13-9-22-12/h3-6,9H,7-8H2,1-2H3. The van der Waals surface area contributed by atoms with Gasteiger partial charge in [-0.15, -0.1) is 20.4 Å². The summed E-state index contributed by atoms with van der Waals surface area (Å²) in [5.74, 6) is 0. The summed E-state index contributed by atoms with van der Waals surface area (Å²) in [4.78, 5) is 1.84. The second-order valence-corrected chi connectivity index (χ2v) is 6.45. The van der Waals surface area contributed by atoms with Gasteiger partial charge in [-0.05, 0) is 24.3 Å². The third-order valence-corrected chi connectivity index (χ3v) is 4.19. The minimum Gasteiger partial charge on any atom is -0.372 e.